The van der Waals surface area contributed by atoms with Crippen LogP contribution in [-0.4, -0.2) is 4.98 Å². The van der Waals surface area contributed by atoms with Gasteiger partial charge in [0, 0.05) is 21.6 Å². The van der Waals surface area contributed by atoms with Crippen molar-refractivity contribution in [3.8, 4) is 0 Å². The molecule has 0 saturated heterocycles. The van der Waals surface area contributed by atoms with Gasteiger partial charge in [-0.1, -0.05) is 0 Å². The molecule has 0 bridgehead atoms. The van der Waals surface area contributed by atoms with Crippen LogP contribution in [0.25, 0.3) is 10.9 Å². The van der Waals surface area contributed by atoms with Gasteiger partial charge in [-0.15, -0.1) is 0 Å². The van der Waals surface area contributed by atoms with Crippen molar-refractivity contribution in [2.24, 2.45) is 0 Å². The fraction of sp³-hybridized carbons (Fsp3) is 0.111. The molecule has 1 nitrogen and oxygen atoms in total. The number of halogens is 2. The fourth-order valence-corrected chi connectivity index (χ4v) is 1.73. The van der Waals surface area contributed by atoms with Crippen molar-refractivity contribution in [3.05, 3.63) is 34.2 Å². The Labute approximate surface area is 77.7 Å². The molecule has 0 aliphatic heterocycles. The van der Waals surface area contributed by atoms with E-state index >= 15 is 0 Å². The van der Waals surface area contributed by atoms with Crippen LogP contribution in [0.15, 0.2) is 22.8 Å². The number of aromatic nitrogens is 1. The van der Waals surface area contributed by atoms with Gasteiger partial charge in [-0.2, -0.15) is 0 Å². The lowest BCUT2D eigenvalue weighted by Crippen LogP contribution is -1.82. The van der Waals surface area contributed by atoms with E-state index in [9.17, 15) is 4.39 Å². The van der Waals surface area contributed by atoms with Crippen molar-refractivity contribution < 1.29 is 4.39 Å². The highest BCUT2D eigenvalue weighted by molar-refractivity contribution is 9.10. The minimum absolute atomic E-state index is 0.170. The Bertz CT molecular complexity index is 433. The Hall–Kier alpha value is -0.830. The SMILES string of the molecule is Cc1c(F)ccc2c(Br)c[nH]c12. The molecule has 12 heavy (non-hydrogen) atoms. The Morgan fingerprint density at radius 2 is 2.17 bits per heavy atom. The average Bonchev–Trinajstić information content (AvgIpc) is 2.41. The number of nitrogens with one attached hydrogen (secondary N) is 1. The highest BCUT2D eigenvalue weighted by Crippen LogP contribution is 2.26. The van der Waals surface area contributed by atoms with Gasteiger partial charge in [0.15, 0.2) is 0 Å². The molecule has 1 N–H and O–H groups in total. The summed E-state index contributed by atoms with van der Waals surface area (Å²) in [5, 5.41) is 1.02. The maximum absolute atomic E-state index is 13.0. The van der Waals surface area contributed by atoms with Gasteiger partial charge in [-0.25, -0.2) is 4.39 Å². The fourth-order valence-electron chi connectivity index (χ4n) is 1.28. The van der Waals surface area contributed by atoms with Crippen LogP contribution in [0.2, 0.25) is 0 Å². The van der Waals surface area contributed by atoms with E-state index in [1.54, 1.807) is 13.0 Å². The third-order valence-electron chi connectivity index (χ3n) is 2.00. The largest absolute Gasteiger partial charge is 0.360 e. The van der Waals surface area contributed by atoms with E-state index in [0.717, 1.165) is 15.4 Å². The van der Waals surface area contributed by atoms with Gasteiger partial charge in [0.1, 0.15) is 5.82 Å². The van der Waals surface area contributed by atoms with E-state index in [1.165, 1.54) is 6.07 Å². The van der Waals surface area contributed by atoms with E-state index < -0.39 is 0 Å². The number of hydrogen-bond acceptors (Lipinski definition) is 0. The molecule has 0 spiro atoms. The summed E-state index contributed by atoms with van der Waals surface area (Å²) in [5.74, 6) is -0.170. The predicted octanol–water partition coefficient (Wildman–Crippen LogP) is 3.38. The molecule has 1 heterocycles. The molecule has 0 radical (unpaired) electrons. The second kappa shape index (κ2) is 2.59. The van der Waals surface area contributed by atoms with Crippen LogP contribution >= 0.6 is 15.9 Å². The van der Waals surface area contributed by atoms with Crippen LogP contribution in [0.4, 0.5) is 4.39 Å². The Morgan fingerprint density at radius 3 is 2.92 bits per heavy atom. The highest BCUT2D eigenvalue weighted by Gasteiger charge is 2.06. The first kappa shape index (κ1) is 7.80. The van der Waals surface area contributed by atoms with Gasteiger partial charge < -0.3 is 4.98 Å². The number of rotatable bonds is 0. The van der Waals surface area contributed by atoms with Crippen LogP contribution in [0.5, 0.6) is 0 Å². The van der Waals surface area contributed by atoms with Gasteiger partial charge in [0.2, 0.25) is 0 Å². The smallest absolute Gasteiger partial charge is 0.128 e. The molecule has 1 aromatic carbocycles. The number of aromatic amines is 1. The number of benzene rings is 1. The van der Waals surface area contributed by atoms with Crippen LogP contribution in [0.3, 0.4) is 0 Å². The van der Waals surface area contributed by atoms with Crippen molar-refractivity contribution in [1.29, 1.82) is 0 Å². The second-order valence-electron chi connectivity index (χ2n) is 2.73. The Kier molecular flexibility index (Phi) is 1.68. The molecule has 0 amide bonds. The van der Waals surface area contributed by atoms with Gasteiger partial charge >= 0.3 is 0 Å². The average molecular weight is 228 g/mol. The second-order valence-corrected chi connectivity index (χ2v) is 3.59. The van der Waals surface area contributed by atoms with Crippen molar-refractivity contribution in [2.75, 3.05) is 0 Å². The van der Waals surface area contributed by atoms with Crippen LogP contribution in [-0.2, 0) is 0 Å². The predicted molar refractivity (Wildman–Crippen MR) is 50.7 cm³/mol. The summed E-state index contributed by atoms with van der Waals surface area (Å²) >= 11 is 3.37. The minimum Gasteiger partial charge on any atom is -0.360 e. The van der Waals surface area contributed by atoms with E-state index in [-0.39, 0.29) is 5.82 Å². The molecule has 0 saturated carbocycles. The lowest BCUT2D eigenvalue weighted by molar-refractivity contribution is 0.620. The molecule has 62 valence electrons. The topological polar surface area (TPSA) is 15.8 Å². The zero-order valence-corrected chi connectivity index (χ0v) is 8.07. The maximum Gasteiger partial charge on any atom is 0.128 e. The lowest BCUT2D eigenvalue weighted by atomic mass is 10.1. The highest BCUT2D eigenvalue weighted by atomic mass is 79.9. The summed E-state index contributed by atoms with van der Waals surface area (Å²) in [6.45, 7) is 1.76. The van der Waals surface area contributed by atoms with E-state index in [2.05, 4.69) is 20.9 Å². The zero-order chi connectivity index (χ0) is 8.72. The lowest BCUT2D eigenvalue weighted by Gasteiger charge is -1.97. The molecule has 0 unspecified atom stereocenters. The standard InChI is InChI=1S/C9H7BrFN/c1-5-8(11)3-2-6-7(10)4-12-9(5)6/h2-4,12H,1H3. The number of aryl methyl sites for hydroxylation is 1. The van der Waals surface area contributed by atoms with Crippen molar-refractivity contribution >= 4 is 26.8 Å². The molecule has 0 atom stereocenters. The summed E-state index contributed by atoms with van der Waals surface area (Å²) < 4.78 is 14.0. The molecular weight excluding hydrogens is 221 g/mol. The molecule has 2 aromatic rings. The molecular formula is C9H7BrFN. The summed E-state index contributed by atoms with van der Waals surface area (Å²) in [6, 6.07) is 3.24. The molecule has 3 heteroatoms. The zero-order valence-electron chi connectivity index (χ0n) is 6.49. The van der Waals surface area contributed by atoms with Gasteiger partial charge in [0.05, 0.1) is 5.52 Å². The minimum atomic E-state index is -0.170. The van der Waals surface area contributed by atoms with Gasteiger partial charge in [0.25, 0.3) is 0 Å². The summed E-state index contributed by atoms with van der Waals surface area (Å²) in [6.07, 6.45) is 1.82. The molecule has 0 aliphatic carbocycles. The summed E-state index contributed by atoms with van der Waals surface area (Å²) in [7, 11) is 0. The first-order chi connectivity index (χ1) is 5.70. The van der Waals surface area contributed by atoms with Crippen molar-refractivity contribution in [2.45, 2.75) is 6.92 Å². The van der Waals surface area contributed by atoms with Crippen molar-refractivity contribution in [1.82, 2.24) is 4.98 Å². The number of fused-ring (bicyclic) bond motifs is 1. The quantitative estimate of drug-likeness (QED) is 0.711. The summed E-state index contributed by atoms with van der Waals surface area (Å²) in [5.41, 5.74) is 1.53. The third kappa shape index (κ3) is 0.966. The molecule has 2 rings (SSSR count). The number of H-pyrrole nitrogens is 1. The molecule has 0 aliphatic rings. The summed E-state index contributed by atoms with van der Waals surface area (Å²) in [4.78, 5) is 3.01. The Balaban J connectivity index is 2.93. The maximum atomic E-state index is 13.0. The van der Waals surface area contributed by atoms with Gasteiger partial charge in [-0.3, -0.25) is 0 Å². The van der Waals surface area contributed by atoms with Crippen LogP contribution in [0.1, 0.15) is 5.56 Å². The first-order valence-electron chi connectivity index (χ1n) is 3.62. The monoisotopic (exact) mass is 227 g/mol. The number of hydrogen-bond donors (Lipinski definition) is 1. The first-order valence-corrected chi connectivity index (χ1v) is 4.41. The molecule has 0 fully saturated rings. The van der Waals surface area contributed by atoms with Crippen molar-refractivity contribution in [3.63, 3.8) is 0 Å². The third-order valence-corrected chi connectivity index (χ3v) is 2.66. The van der Waals surface area contributed by atoms with Crippen LogP contribution in [0, 0.1) is 12.7 Å². The normalized spacial score (nSPS) is 10.9. The van der Waals surface area contributed by atoms with E-state index in [4.69, 9.17) is 0 Å². The van der Waals surface area contributed by atoms with Crippen LogP contribution < -0.4 is 0 Å². The van der Waals surface area contributed by atoms with E-state index in [1.807, 2.05) is 6.20 Å². The molecule has 1 aromatic heterocycles. The van der Waals surface area contributed by atoms with Gasteiger partial charge in [-0.05, 0) is 35.0 Å². The van der Waals surface area contributed by atoms with E-state index in [0.29, 0.717) is 5.56 Å². The Morgan fingerprint density at radius 1 is 1.42 bits per heavy atom.